The third-order valence-electron chi connectivity index (χ3n) is 2.29. The molecule has 2 atom stereocenters. The van der Waals surface area contributed by atoms with Crippen LogP contribution in [-0.2, 0) is 4.65 Å². The van der Waals surface area contributed by atoms with Gasteiger partial charge in [0.2, 0.25) is 0 Å². The van der Waals surface area contributed by atoms with Crippen LogP contribution in [-0.4, -0.2) is 37.5 Å². The van der Waals surface area contributed by atoms with Crippen LogP contribution in [0.3, 0.4) is 0 Å². The van der Waals surface area contributed by atoms with E-state index in [0.29, 0.717) is 11.4 Å². The monoisotopic (exact) mass is 175 g/mol. The van der Waals surface area contributed by atoms with E-state index in [1.807, 2.05) is 0 Å². The fourth-order valence-corrected chi connectivity index (χ4v) is 2.15. The lowest BCUT2D eigenvalue weighted by atomic mass is 10.1. The maximum Gasteiger partial charge on any atom is 0.363 e. The van der Waals surface area contributed by atoms with Gasteiger partial charge in [0.15, 0.2) is 0 Å². The molecule has 0 amide bonds. The van der Waals surface area contributed by atoms with Crippen molar-refractivity contribution in [3.8, 4) is 0 Å². The Hall–Kier alpha value is 0.275. The molecule has 0 spiro atoms. The highest BCUT2D eigenvalue weighted by Crippen LogP contribution is 2.23. The molecule has 1 rings (SSSR count). The summed E-state index contributed by atoms with van der Waals surface area (Å²) >= 11 is 6.11. The number of hydrogen-bond acceptors (Lipinski definition) is 2. The van der Waals surface area contributed by atoms with E-state index in [1.165, 1.54) is 0 Å². The smallest absolute Gasteiger partial charge is 0.363 e. The van der Waals surface area contributed by atoms with Crippen LogP contribution in [0.1, 0.15) is 19.8 Å². The standard InChI is InChI=1S/C7H15BClNO/c1-3-7-6(9)4-5-10(7)8-11-2/h6-8H,3-5H2,1-2H3/t6?,7-/m0/s1. The van der Waals surface area contributed by atoms with Crippen LogP contribution in [0.25, 0.3) is 0 Å². The molecule has 4 heteroatoms. The van der Waals surface area contributed by atoms with E-state index in [4.69, 9.17) is 16.3 Å². The molecule has 0 aliphatic carbocycles. The minimum atomic E-state index is 0.329. The third kappa shape index (κ3) is 2.11. The van der Waals surface area contributed by atoms with Crippen molar-refractivity contribution in [3.63, 3.8) is 0 Å². The molecule has 0 aromatic rings. The predicted molar refractivity (Wildman–Crippen MR) is 49.2 cm³/mol. The molecule has 1 aliphatic rings. The van der Waals surface area contributed by atoms with Gasteiger partial charge >= 0.3 is 7.62 Å². The topological polar surface area (TPSA) is 12.5 Å². The fourth-order valence-electron chi connectivity index (χ4n) is 1.72. The SMILES string of the molecule is CC[C@H]1C(Cl)CCN1BOC. The lowest BCUT2D eigenvalue weighted by molar-refractivity contribution is 0.319. The Bertz CT molecular complexity index is 123. The Morgan fingerprint density at radius 1 is 1.73 bits per heavy atom. The molecule has 1 unspecified atom stereocenters. The van der Waals surface area contributed by atoms with Gasteiger partial charge in [-0.05, 0) is 19.4 Å². The maximum atomic E-state index is 6.11. The zero-order chi connectivity index (χ0) is 8.27. The number of hydrogen-bond donors (Lipinski definition) is 0. The van der Waals surface area contributed by atoms with Crippen molar-refractivity contribution in [1.82, 2.24) is 4.81 Å². The van der Waals surface area contributed by atoms with Crippen molar-refractivity contribution in [2.45, 2.75) is 31.2 Å². The number of alkyl halides is 1. The summed E-state index contributed by atoms with van der Waals surface area (Å²) in [5.41, 5.74) is 0. The molecule has 1 heterocycles. The highest BCUT2D eigenvalue weighted by molar-refractivity contribution is 6.25. The van der Waals surface area contributed by atoms with Gasteiger partial charge in [0.1, 0.15) is 0 Å². The van der Waals surface area contributed by atoms with Crippen LogP contribution in [0.4, 0.5) is 0 Å². The van der Waals surface area contributed by atoms with Crippen molar-refractivity contribution in [1.29, 1.82) is 0 Å². The van der Waals surface area contributed by atoms with Gasteiger partial charge < -0.3 is 9.47 Å². The highest BCUT2D eigenvalue weighted by Gasteiger charge is 2.31. The minimum absolute atomic E-state index is 0.329. The minimum Gasteiger partial charge on any atom is -0.427 e. The summed E-state index contributed by atoms with van der Waals surface area (Å²) < 4.78 is 5.07. The van der Waals surface area contributed by atoms with Crippen LogP contribution in [0.5, 0.6) is 0 Å². The molecule has 0 saturated carbocycles. The van der Waals surface area contributed by atoms with Gasteiger partial charge in [0.05, 0.1) is 0 Å². The average molecular weight is 175 g/mol. The molecule has 11 heavy (non-hydrogen) atoms. The molecule has 1 saturated heterocycles. The van der Waals surface area contributed by atoms with Crippen LogP contribution >= 0.6 is 11.6 Å². The van der Waals surface area contributed by atoms with E-state index < -0.39 is 0 Å². The largest absolute Gasteiger partial charge is 0.427 e. The predicted octanol–water partition coefficient (Wildman–Crippen LogP) is 0.991. The number of halogens is 1. The first-order valence-corrected chi connectivity index (χ1v) is 4.60. The Balaban J connectivity index is 2.40. The Morgan fingerprint density at radius 3 is 3.00 bits per heavy atom. The highest BCUT2D eigenvalue weighted by atomic mass is 35.5. The number of rotatable bonds is 3. The molecule has 1 fully saturated rings. The van der Waals surface area contributed by atoms with Crippen LogP contribution < -0.4 is 0 Å². The summed E-state index contributed by atoms with van der Waals surface area (Å²) in [6.07, 6.45) is 2.22. The third-order valence-corrected chi connectivity index (χ3v) is 2.80. The molecule has 0 N–H and O–H groups in total. The Morgan fingerprint density at radius 2 is 2.45 bits per heavy atom. The second-order valence-electron chi connectivity index (χ2n) is 3.01. The van der Waals surface area contributed by atoms with Crippen LogP contribution in [0, 0.1) is 0 Å². The zero-order valence-electron chi connectivity index (χ0n) is 7.22. The molecular weight excluding hydrogens is 160 g/mol. The zero-order valence-corrected chi connectivity index (χ0v) is 7.97. The van der Waals surface area contributed by atoms with Gasteiger partial charge in [-0.15, -0.1) is 11.6 Å². The van der Waals surface area contributed by atoms with Crippen LogP contribution in [0.2, 0.25) is 0 Å². The Labute approximate surface area is 74.1 Å². The lowest BCUT2D eigenvalue weighted by Crippen LogP contribution is -2.36. The van der Waals surface area contributed by atoms with Gasteiger partial charge in [-0.2, -0.15) is 0 Å². The van der Waals surface area contributed by atoms with Crippen molar-refractivity contribution in [3.05, 3.63) is 0 Å². The van der Waals surface area contributed by atoms with E-state index in [2.05, 4.69) is 11.7 Å². The van der Waals surface area contributed by atoms with Crippen molar-refractivity contribution >= 4 is 19.2 Å². The normalized spacial score (nSPS) is 32.6. The molecular formula is C7H15BClNO. The molecule has 0 bridgehead atoms. The van der Waals surface area contributed by atoms with Crippen molar-refractivity contribution in [2.75, 3.05) is 13.7 Å². The lowest BCUT2D eigenvalue weighted by Gasteiger charge is -2.22. The summed E-state index contributed by atoms with van der Waals surface area (Å²) in [6, 6.07) is 0.525. The van der Waals surface area contributed by atoms with E-state index in [9.17, 15) is 0 Å². The first-order valence-electron chi connectivity index (χ1n) is 4.16. The maximum absolute atomic E-state index is 6.11. The van der Waals surface area contributed by atoms with E-state index in [1.54, 1.807) is 7.11 Å². The molecule has 2 nitrogen and oxygen atoms in total. The summed E-state index contributed by atoms with van der Waals surface area (Å²) in [6.45, 7) is 3.26. The second-order valence-corrected chi connectivity index (χ2v) is 3.57. The summed E-state index contributed by atoms with van der Waals surface area (Å²) in [7, 11) is 2.45. The summed E-state index contributed by atoms with van der Waals surface area (Å²) in [5.74, 6) is 0. The number of nitrogens with zero attached hydrogens (tertiary/aromatic N) is 1. The quantitative estimate of drug-likeness (QED) is 0.469. The van der Waals surface area contributed by atoms with Crippen LogP contribution in [0.15, 0.2) is 0 Å². The first kappa shape index (κ1) is 9.36. The van der Waals surface area contributed by atoms with E-state index in [0.717, 1.165) is 27.0 Å². The van der Waals surface area contributed by atoms with Gasteiger partial charge in [0.25, 0.3) is 0 Å². The molecule has 64 valence electrons. The fraction of sp³-hybridized carbons (Fsp3) is 1.00. The molecule has 1 aliphatic heterocycles. The Kier molecular flexibility index (Phi) is 3.69. The average Bonchev–Trinajstić information content (AvgIpc) is 2.33. The van der Waals surface area contributed by atoms with Gasteiger partial charge in [-0.1, -0.05) is 6.92 Å². The van der Waals surface area contributed by atoms with Crippen molar-refractivity contribution < 1.29 is 4.65 Å². The van der Waals surface area contributed by atoms with Gasteiger partial charge in [-0.3, -0.25) is 0 Å². The molecule has 0 aromatic heterocycles. The van der Waals surface area contributed by atoms with Gasteiger partial charge in [0, 0.05) is 18.5 Å². The first-order chi connectivity index (χ1) is 5.29. The van der Waals surface area contributed by atoms with Crippen molar-refractivity contribution in [2.24, 2.45) is 0 Å². The van der Waals surface area contributed by atoms with E-state index >= 15 is 0 Å². The molecule has 0 aromatic carbocycles. The summed E-state index contributed by atoms with van der Waals surface area (Å²) in [5, 5.41) is 0.329. The van der Waals surface area contributed by atoms with Gasteiger partial charge in [-0.25, -0.2) is 0 Å². The molecule has 0 radical (unpaired) electrons. The summed E-state index contributed by atoms with van der Waals surface area (Å²) in [4.78, 5) is 2.30. The van der Waals surface area contributed by atoms with E-state index in [-0.39, 0.29) is 0 Å². The second kappa shape index (κ2) is 4.34.